The zero-order valence-corrected chi connectivity index (χ0v) is 15.2. The maximum Gasteiger partial charge on any atom is 0.490 e. The molecule has 0 bridgehead atoms. The molecule has 2 aliphatic rings. The van der Waals surface area contributed by atoms with Crippen molar-refractivity contribution in [1.29, 1.82) is 0 Å². The van der Waals surface area contributed by atoms with E-state index in [4.69, 9.17) is 20.4 Å². The number of aliphatic carboxylic acids is 2. The average Bonchev–Trinajstić information content (AvgIpc) is 2.65. The molecule has 1 amide bonds. The molecule has 8 nitrogen and oxygen atoms in total. The van der Waals surface area contributed by atoms with Gasteiger partial charge in [0.15, 0.2) is 0 Å². The van der Waals surface area contributed by atoms with Crippen LogP contribution in [-0.2, 0) is 14.4 Å². The van der Waals surface area contributed by atoms with E-state index in [9.17, 15) is 32.3 Å². The summed E-state index contributed by atoms with van der Waals surface area (Å²) < 4.78 is 50.0. The van der Waals surface area contributed by atoms with Gasteiger partial charge in [-0.2, -0.15) is 13.2 Å². The van der Waals surface area contributed by atoms with Crippen molar-refractivity contribution in [3.63, 3.8) is 0 Å². The summed E-state index contributed by atoms with van der Waals surface area (Å²) in [5, 5.41) is 16.2. The van der Waals surface area contributed by atoms with Crippen LogP contribution < -0.4 is 10.5 Å². The van der Waals surface area contributed by atoms with Crippen LogP contribution in [-0.4, -0.2) is 62.9 Å². The second-order valence-corrected chi connectivity index (χ2v) is 6.84. The Morgan fingerprint density at radius 1 is 1.24 bits per heavy atom. The van der Waals surface area contributed by atoms with Gasteiger partial charge >= 0.3 is 18.1 Å². The lowest BCUT2D eigenvalue weighted by molar-refractivity contribution is -0.192. The molecule has 0 radical (unpaired) electrons. The molecule has 2 atom stereocenters. The number of β-lactam (4-membered cyclic amide) rings is 1. The number of thioether (sulfide) groups is 1. The maximum atomic E-state index is 12.8. The molecule has 0 saturated carbocycles. The Morgan fingerprint density at radius 3 is 2.28 bits per heavy atom. The number of ether oxygens (including phenoxy) is 1. The third-order valence-electron chi connectivity index (χ3n) is 3.76. The van der Waals surface area contributed by atoms with Crippen LogP contribution in [0, 0.1) is 5.82 Å². The highest BCUT2D eigenvalue weighted by molar-refractivity contribution is 8.00. The number of fused-ring (bicyclic) bond motifs is 1. The van der Waals surface area contributed by atoms with E-state index in [1.54, 1.807) is 0 Å². The molecule has 1 aromatic rings. The van der Waals surface area contributed by atoms with Gasteiger partial charge in [0.1, 0.15) is 35.3 Å². The van der Waals surface area contributed by atoms with E-state index in [-0.39, 0.29) is 23.5 Å². The molecule has 1 aromatic carbocycles. The predicted octanol–water partition coefficient (Wildman–Crippen LogP) is 1.42. The average molecular weight is 438 g/mol. The minimum absolute atomic E-state index is 0.0198. The largest absolute Gasteiger partial charge is 0.490 e. The summed E-state index contributed by atoms with van der Waals surface area (Å²) in [5.74, 6) is -3.86. The highest BCUT2D eigenvalue weighted by Crippen LogP contribution is 2.39. The molecule has 0 aromatic heterocycles. The van der Waals surface area contributed by atoms with Gasteiger partial charge < -0.3 is 20.7 Å². The van der Waals surface area contributed by atoms with Crippen molar-refractivity contribution in [2.75, 3.05) is 12.4 Å². The summed E-state index contributed by atoms with van der Waals surface area (Å²) in [5.41, 5.74) is 6.11. The number of amides is 1. The van der Waals surface area contributed by atoms with Crippen molar-refractivity contribution in [1.82, 2.24) is 4.90 Å². The van der Waals surface area contributed by atoms with Crippen molar-refractivity contribution >= 4 is 29.6 Å². The highest BCUT2D eigenvalue weighted by atomic mass is 32.2. The number of carbonyl (C=O) groups excluding carboxylic acids is 1. The molecule has 158 valence electrons. The number of benzene rings is 1. The van der Waals surface area contributed by atoms with Gasteiger partial charge in [0.2, 0.25) is 5.91 Å². The Hall–Kier alpha value is -2.80. The first-order valence-electron chi connectivity index (χ1n) is 7.77. The summed E-state index contributed by atoms with van der Waals surface area (Å²) in [7, 11) is 0. The Labute approximate surface area is 164 Å². The lowest BCUT2D eigenvalue weighted by Crippen LogP contribution is -2.68. The van der Waals surface area contributed by atoms with Crippen LogP contribution in [0.5, 0.6) is 5.75 Å². The van der Waals surface area contributed by atoms with E-state index in [1.165, 1.54) is 40.9 Å². The lowest BCUT2D eigenvalue weighted by atomic mass is 10.0. The standard InChI is InChI=1S/C14H13FN2O4S.C2HF3O2/c15-8-1-3-9(4-2-8)21-5-7-6-22-13-10(16)12(18)17(13)11(7)14(19)20;3-2(4,5)1(6)7/h1-4,10,13H,5-6,16H2,(H,19,20);(H,6,7)/t10?,13-;/m0./s1. The van der Waals surface area contributed by atoms with Gasteiger partial charge in [-0.15, -0.1) is 11.8 Å². The molecule has 3 rings (SSSR count). The molecule has 4 N–H and O–H groups in total. The van der Waals surface area contributed by atoms with Crippen LogP contribution >= 0.6 is 11.8 Å². The van der Waals surface area contributed by atoms with Gasteiger partial charge in [0.25, 0.3) is 0 Å². The summed E-state index contributed by atoms with van der Waals surface area (Å²) >= 11 is 1.41. The smallest absolute Gasteiger partial charge is 0.489 e. The molecule has 13 heteroatoms. The topological polar surface area (TPSA) is 130 Å². The molecule has 29 heavy (non-hydrogen) atoms. The minimum Gasteiger partial charge on any atom is -0.489 e. The Kier molecular flexibility index (Phi) is 6.74. The fraction of sp³-hybridized carbons (Fsp3) is 0.312. The third kappa shape index (κ3) is 5.17. The summed E-state index contributed by atoms with van der Waals surface area (Å²) in [6.45, 7) is 0.0198. The number of carboxylic acids is 2. The predicted molar refractivity (Wildman–Crippen MR) is 91.3 cm³/mol. The summed E-state index contributed by atoms with van der Waals surface area (Å²) in [6, 6.07) is 4.77. The van der Waals surface area contributed by atoms with Crippen LogP contribution in [0.2, 0.25) is 0 Å². The molecular formula is C16H14F4N2O6S. The second-order valence-electron chi connectivity index (χ2n) is 5.74. The Balaban J connectivity index is 0.000000370. The molecule has 0 aliphatic carbocycles. The number of hydrogen-bond acceptors (Lipinski definition) is 6. The molecule has 2 heterocycles. The zero-order chi connectivity index (χ0) is 21.9. The van der Waals surface area contributed by atoms with Crippen LogP contribution in [0.15, 0.2) is 35.5 Å². The monoisotopic (exact) mass is 438 g/mol. The molecular weight excluding hydrogens is 424 g/mol. The SMILES string of the molecule is NC1C(=O)N2C(C(=O)O)=C(COc3ccc(F)cc3)CS[C@@H]12.O=C(O)C(F)(F)F. The van der Waals surface area contributed by atoms with E-state index >= 15 is 0 Å². The Bertz CT molecular complexity index is 843. The van der Waals surface area contributed by atoms with Crippen molar-refractivity contribution < 1.29 is 46.9 Å². The number of hydrogen-bond donors (Lipinski definition) is 3. The van der Waals surface area contributed by atoms with Crippen molar-refractivity contribution in [3.8, 4) is 5.75 Å². The quantitative estimate of drug-likeness (QED) is 0.475. The zero-order valence-electron chi connectivity index (χ0n) is 14.4. The molecule has 1 fully saturated rings. The number of carboxylic acid groups (broad SMARTS) is 2. The second kappa shape index (κ2) is 8.69. The van der Waals surface area contributed by atoms with E-state index in [0.717, 1.165) is 0 Å². The number of carbonyl (C=O) groups is 3. The first-order valence-corrected chi connectivity index (χ1v) is 8.82. The first kappa shape index (κ1) is 22.5. The fourth-order valence-electron chi connectivity index (χ4n) is 2.39. The lowest BCUT2D eigenvalue weighted by Gasteiger charge is -2.47. The van der Waals surface area contributed by atoms with E-state index in [2.05, 4.69) is 0 Å². The van der Waals surface area contributed by atoms with Gasteiger partial charge in [0.05, 0.1) is 0 Å². The highest BCUT2D eigenvalue weighted by Gasteiger charge is 2.51. The normalized spacial score (nSPS) is 20.9. The molecule has 1 unspecified atom stereocenters. The van der Waals surface area contributed by atoms with Gasteiger partial charge in [-0.05, 0) is 24.3 Å². The molecule has 1 saturated heterocycles. The van der Waals surface area contributed by atoms with Crippen LogP contribution in [0.1, 0.15) is 0 Å². The van der Waals surface area contributed by atoms with Gasteiger partial charge in [0, 0.05) is 11.3 Å². The van der Waals surface area contributed by atoms with Crippen molar-refractivity contribution in [2.45, 2.75) is 17.6 Å². The number of halogens is 4. The number of nitrogens with two attached hydrogens (primary N) is 1. The number of rotatable bonds is 4. The van der Waals surface area contributed by atoms with Gasteiger partial charge in [-0.3, -0.25) is 9.69 Å². The summed E-state index contributed by atoms with van der Waals surface area (Å²) in [4.78, 5) is 33.3. The third-order valence-corrected chi connectivity index (χ3v) is 5.12. The maximum absolute atomic E-state index is 12.8. The number of nitrogens with zero attached hydrogens (tertiary/aromatic N) is 1. The van der Waals surface area contributed by atoms with Crippen molar-refractivity contribution in [2.24, 2.45) is 5.73 Å². The minimum atomic E-state index is -5.08. The van der Waals surface area contributed by atoms with Crippen LogP contribution in [0.25, 0.3) is 0 Å². The Morgan fingerprint density at radius 2 is 1.79 bits per heavy atom. The fourth-order valence-corrected chi connectivity index (χ4v) is 3.67. The van der Waals surface area contributed by atoms with Crippen molar-refractivity contribution in [3.05, 3.63) is 41.4 Å². The van der Waals surface area contributed by atoms with E-state index in [1.807, 2.05) is 0 Å². The van der Waals surface area contributed by atoms with E-state index in [0.29, 0.717) is 17.1 Å². The molecule has 2 aliphatic heterocycles. The van der Waals surface area contributed by atoms with Crippen LogP contribution in [0.4, 0.5) is 17.6 Å². The van der Waals surface area contributed by atoms with Crippen LogP contribution in [0.3, 0.4) is 0 Å². The van der Waals surface area contributed by atoms with Gasteiger partial charge in [-0.1, -0.05) is 0 Å². The first-order chi connectivity index (χ1) is 13.4. The van der Waals surface area contributed by atoms with E-state index < -0.39 is 30.1 Å². The van der Waals surface area contributed by atoms with Gasteiger partial charge in [-0.25, -0.2) is 14.0 Å². The number of alkyl halides is 3. The summed E-state index contributed by atoms with van der Waals surface area (Å²) in [6.07, 6.45) is -5.08. The molecule has 0 spiro atoms.